The van der Waals surface area contributed by atoms with E-state index in [1.165, 1.54) is 0 Å². The molecule has 4 heteroatoms. The second kappa shape index (κ2) is 6.09. The molecule has 0 amide bonds. The number of fused-ring (bicyclic) bond motifs is 1. The van der Waals surface area contributed by atoms with E-state index >= 15 is 0 Å². The Morgan fingerprint density at radius 3 is 2.75 bits per heavy atom. The van der Waals surface area contributed by atoms with E-state index in [0.717, 1.165) is 23.8 Å². The molecule has 0 spiro atoms. The zero-order valence-corrected chi connectivity index (χ0v) is 12.2. The zero-order chi connectivity index (χ0) is 14.7. The number of carbonyl (C=O) groups is 1. The molecule has 4 nitrogen and oxygen atoms in total. The predicted octanol–water partition coefficient (Wildman–Crippen LogP) is 3.75. The molecule has 0 bridgehead atoms. The summed E-state index contributed by atoms with van der Waals surface area (Å²) in [5, 5.41) is 10.2. The first kappa shape index (κ1) is 14.6. The van der Waals surface area contributed by atoms with Crippen molar-refractivity contribution in [3.63, 3.8) is 0 Å². The van der Waals surface area contributed by atoms with E-state index in [0.29, 0.717) is 18.2 Å². The molecule has 0 aliphatic heterocycles. The lowest BCUT2D eigenvalue weighted by molar-refractivity contribution is 0.0661. The highest BCUT2D eigenvalue weighted by molar-refractivity contribution is 5.95. The van der Waals surface area contributed by atoms with Gasteiger partial charge >= 0.3 is 5.97 Å². The Kier molecular flexibility index (Phi) is 4.45. The van der Waals surface area contributed by atoms with Crippen molar-refractivity contribution in [3.8, 4) is 0 Å². The SMILES string of the molecule is CCCC(C)N(C)Cc1c(C(=O)O)oc2ccccc12. The second-order valence-corrected chi connectivity index (χ2v) is 5.26. The van der Waals surface area contributed by atoms with Gasteiger partial charge in [0.15, 0.2) is 0 Å². The van der Waals surface area contributed by atoms with Gasteiger partial charge in [0.05, 0.1) is 0 Å². The topological polar surface area (TPSA) is 53.7 Å². The predicted molar refractivity (Wildman–Crippen MR) is 79.0 cm³/mol. The molecule has 1 atom stereocenters. The van der Waals surface area contributed by atoms with Crippen LogP contribution in [0.1, 0.15) is 42.8 Å². The number of hydrogen-bond donors (Lipinski definition) is 1. The van der Waals surface area contributed by atoms with Crippen molar-refractivity contribution in [1.82, 2.24) is 4.90 Å². The molecule has 0 radical (unpaired) electrons. The lowest BCUT2D eigenvalue weighted by atomic mass is 10.1. The van der Waals surface area contributed by atoms with Crippen molar-refractivity contribution < 1.29 is 14.3 Å². The highest BCUT2D eigenvalue weighted by Crippen LogP contribution is 2.27. The Morgan fingerprint density at radius 1 is 1.40 bits per heavy atom. The van der Waals surface area contributed by atoms with Crippen molar-refractivity contribution in [2.24, 2.45) is 0 Å². The van der Waals surface area contributed by atoms with E-state index in [-0.39, 0.29) is 5.76 Å². The number of para-hydroxylation sites is 1. The lowest BCUT2D eigenvalue weighted by Gasteiger charge is -2.24. The number of nitrogens with zero attached hydrogens (tertiary/aromatic N) is 1. The fourth-order valence-electron chi connectivity index (χ4n) is 2.47. The largest absolute Gasteiger partial charge is 0.475 e. The molecule has 0 saturated carbocycles. The summed E-state index contributed by atoms with van der Waals surface area (Å²) in [6.45, 7) is 4.90. The van der Waals surface area contributed by atoms with E-state index in [1.54, 1.807) is 6.07 Å². The van der Waals surface area contributed by atoms with Crippen LogP contribution in [0.2, 0.25) is 0 Å². The van der Waals surface area contributed by atoms with Crippen LogP contribution in [-0.4, -0.2) is 29.1 Å². The highest BCUT2D eigenvalue weighted by atomic mass is 16.4. The van der Waals surface area contributed by atoms with Gasteiger partial charge in [-0.15, -0.1) is 0 Å². The minimum atomic E-state index is -1.01. The van der Waals surface area contributed by atoms with Gasteiger partial charge in [-0.05, 0) is 26.5 Å². The first-order chi connectivity index (χ1) is 9.54. The van der Waals surface area contributed by atoms with E-state index in [1.807, 2.05) is 25.2 Å². The maximum Gasteiger partial charge on any atom is 0.372 e. The van der Waals surface area contributed by atoms with Crippen molar-refractivity contribution in [2.45, 2.75) is 39.3 Å². The van der Waals surface area contributed by atoms with Crippen molar-refractivity contribution >= 4 is 16.9 Å². The third-order valence-electron chi connectivity index (χ3n) is 3.76. The molecule has 2 aromatic rings. The summed E-state index contributed by atoms with van der Waals surface area (Å²) in [4.78, 5) is 13.5. The van der Waals surface area contributed by atoms with E-state index in [4.69, 9.17) is 4.42 Å². The molecule has 0 aliphatic carbocycles. The average molecular weight is 275 g/mol. The fourth-order valence-corrected chi connectivity index (χ4v) is 2.47. The summed E-state index contributed by atoms with van der Waals surface area (Å²) in [6.07, 6.45) is 2.21. The number of hydrogen-bond acceptors (Lipinski definition) is 3. The Labute approximate surface area is 119 Å². The summed E-state index contributed by atoms with van der Waals surface area (Å²) in [7, 11) is 2.02. The number of aromatic carboxylic acids is 1. The number of rotatable bonds is 6. The molecular formula is C16H21NO3. The Hall–Kier alpha value is -1.81. The van der Waals surface area contributed by atoms with Crippen molar-refractivity contribution in [2.75, 3.05) is 7.05 Å². The van der Waals surface area contributed by atoms with Crippen LogP contribution in [0.15, 0.2) is 28.7 Å². The smallest absolute Gasteiger partial charge is 0.372 e. The van der Waals surface area contributed by atoms with Crippen LogP contribution in [0.4, 0.5) is 0 Å². The van der Waals surface area contributed by atoms with Crippen LogP contribution in [0, 0.1) is 0 Å². The molecule has 1 N–H and O–H groups in total. The van der Waals surface area contributed by atoms with Crippen LogP contribution >= 0.6 is 0 Å². The van der Waals surface area contributed by atoms with Gasteiger partial charge in [-0.3, -0.25) is 4.90 Å². The van der Waals surface area contributed by atoms with Crippen molar-refractivity contribution in [1.29, 1.82) is 0 Å². The van der Waals surface area contributed by atoms with Gasteiger partial charge in [-0.25, -0.2) is 4.79 Å². The summed E-state index contributed by atoms with van der Waals surface area (Å²) in [5.41, 5.74) is 1.40. The standard InChI is InChI=1S/C16H21NO3/c1-4-7-11(2)17(3)10-13-12-8-5-6-9-14(12)20-15(13)16(18)19/h5-6,8-9,11H,4,7,10H2,1-3H3,(H,18,19). The number of furan rings is 1. The number of benzene rings is 1. The molecule has 2 rings (SSSR count). The Balaban J connectivity index is 2.36. The summed E-state index contributed by atoms with van der Waals surface area (Å²) in [5.74, 6) is -0.950. The minimum absolute atomic E-state index is 0.0572. The van der Waals surface area contributed by atoms with Gasteiger partial charge < -0.3 is 9.52 Å². The van der Waals surface area contributed by atoms with Crippen LogP contribution in [0.25, 0.3) is 11.0 Å². The molecule has 20 heavy (non-hydrogen) atoms. The van der Waals surface area contributed by atoms with Gasteiger partial charge in [-0.2, -0.15) is 0 Å². The molecule has 0 aliphatic rings. The maximum absolute atomic E-state index is 11.4. The van der Waals surface area contributed by atoms with Gasteiger partial charge in [0.25, 0.3) is 0 Å². The molecule has 1 unspecified atom stereocenters. The Morgan fingerprint density at radius 2 is 2.10 bits per heavy atom. The fraction of sp³-hybridized carbons (Fsp3) is 0.438. The molecule has 0 fully saturated rings. The molecular weight excluding hydrogens is 254 g/mol. The van der Waals surface area contributed by atoms with E-state index in [2.05, 4.69) is 18.7 Å². The third kappa shape index (κ3) is 2.85. The van der Waals surface area contributed by atoms with Gasteiger partial charge in [0, 0.05) is 23.5 Å². The van der Waals surface area contributed by atoms with E-state index < -0.39 is 5.97 Å². The summed E-state index contributed by atoms with van der Waals surface area (Å²) >= 11 is 0. The zero-order valence-electron chi connectivity index (χ0n) is 12.2. The van der Waals surface area contributed by atoms with Gasteiger partial charge in [0.2, 0.25) is 5.76 Å². The highest BCUT2D eigenvalue weighted by Gasteiger charge is 2.21. The molecule has 1 aromatic heterocycles. The lowest BCUT2D eigenvalue weighted by Crippen LogP contribution is -2.28. The monoisotopic (exact) mass is 275 g/mol. The second-order valence-electron chi connectivity index (χ2n) is 5.26. The quantitative estimate of drug-likeness (QED) is 0.872. The first-order valence-corrected chi connectivity index (χ1v) is 6.98. The molecule has 108 valence electrons. The summed E-state index contributed by atoms with van der Waals surface area (Å²) < 4.78 is 5.47. The molecule has 1 aromatic carbocycles. The van der Waals surface area contributed by atoms with E-state index in [9.17, 15) is 9.90 Å². The van der Waals surface area contributed by atoms with Gasteiger partial charge in [-0.1, -0.05) is 31.5 Å². The summed E-state index contributed by atoms with van der Waals surface area (Å²) in [6, 6.07) is 7.89. The normalized spacial score (nSPS) is 13.0. The molecule has 1 heterocycles. The third-order valence-corrected chi connectivity index (χ3v) is 3.76. The van der Waals surface area contributed by atoms with Gasteiger partial charge in [0.1, 0.15) is 5.58 Å². The van der Waals surface area contributed by atoms with Crippen LogP contribution in [-0.2, 0) is 6.54 Å². The Bertz CT molecular complexity index is 603. The molecule has 0 saturated heterocycles. The number of carboxylic acid groups (broad SMARTS) is 1. The van der Waals surface area contributed by atoms with Crippen LogP contribution in [0.3, 0.4) is 0 Å². The maximum atomic E-state index is 11.4. The number of carboxylic acids is 1. The van der Waals surface area contributed by atoms with Crippen LogP contribution < -0.4 is 0 Å². The minimum Gasteiger partial charge on any atom is -0.475 e. The average Bonchev–Trinajstić information content (AvgIpc) is 2.78. The van der Waals surface area contributed by atoms with Crippen molar-refractivity contribution in [3.05, 3.63) is 35.6 Å². The van der Waals surface area contributed by atoms with Crippen LogP contribution in [0.5, 0.6) is 0 Å². The first-order valence-electron chi connectivity index (χ1n) is 6.98.